The molecule has 1 N–H and O–H groups in total. The van der Waals surface area contributed by atoms with E-state index in [-0.39, 0.29) is 6.04 Å². The Hall–Kier alpha value is -0.610. The van der Waals surface area contributed by atoms with Crippen LogP contribution in [-0.4, -0.2) is 48.3 Å². The molecule has 0 amide bonds. The summed E-state index contributed by atoms with van der Waals surface area (Å²) in [6, 6.07) is -0.295. The van der Waals surface area contributed by atoms with Crippen molar-refractivity contribution in [2.24, 2.45) is 5.92 Å². The maximum atomic E-state index is 11.0. The standard InChI is InChI=1S/C12H23NO3/c1-10(2)9-16-8-7-13-6-4-3-5-11(13)12(14)15/h10-11H,3-9H2,1-2H3,(H,14,15). The quantitative estimate of drug-likeness (QED) is 0.703. The molecular formula is C12H23NO3. The summed E-state index contributed by atoms with van der Waals surface area (Å²) in [5, 5.41) is 9.07. The van der Waals surface area contributed by atoms with Crippen LogP contribution in [0.2, 0.25) is 0 Å². The first-order chi connectivity index (χ1) is 7.61. The molecule has 0 aromatic heterocycles. The Bertz CT molecular complexity index is 218. The van der Waals surface area contributed by atoms with Gasteiger partial charge in [-0.3, -0.25) is 9.69 Å². The van der Waals surface area contributed by atoms with Crippen molar-refractivity contribution < 1.29 is 14.6 Å². The molecule has 0 aromatic carbocycles. The molecule has 4 heteroatoms. The lowest BCUT2D eigenvalue weighted by atomic mass is 10.0. The summed E-state index contributed by atoms with van der Waals surface area (Å²) in [5.41, 5.74) is 0. The predicted molar refractivity (Wildman–Crippen MR) is 62.5 cm³/mol. The number of likely N-dealkylation sites (tertiary alicyclic amines) is 1. The highest BCUT2D eigenvalue weighted by Gasteiger charge is 2.27. The Kier molecular flexibility index (Phi) is 5.77. The summed E-state index contributed by atoms with van der Waals surface area (Å²) in [5.74, 6) is -0.153. The van der Waals surface area contributed by atoms with Gasteiger partial charge in [-0.2, -0.15) is 0 Å². The van der Waals surface area contributed by atoms with E-state index in [2.05, 4.69) is 13.8 Å². The van der Waals surface area contributed by atoms with Crippen molar-refractivity contribution in [3.63, 3.8) is 0 Å². The third-order valence-electron chi connectivity index (χ3n) is 2.87. The number of piperidine rings is 1. The Morgan fingerprint density at radius 1 is 1.50 bits per heavy atom. The van der Waals surface area contributed by atoms with Crippen LogP contribution in [0.1, 0.15) is 33.1 Å². The Morgan fingerprint density at radius 3 is 2.88 bits per heavy atom. The van der Waals surface area contributed by atoms with E-state index in [0.717, 1.165) is 39.0 Å². The molecule has 1 aliphatic rings. The maximum Gasteiger partial charge on any atom is 0.320 e. The molecule has 94 valence electrons. The first kappa shape index (κ1) is 13.5. The zero-order valence-corrected chi connectivity index (χ0v) is 10.3. The van der Waals surface area contributed by atoms with Crippen LogP contribution >= 0.6 is 0 Å². The third kappa shape index (κ3) is 4.49. The largest absolute Gasteiger partial charge is 0.480 e. The lowest BCUT2D eigenvalue weighted by Crippen LogP contribution is -2.46. The van der Waals surface area contributed by atoms with E-state index >= 15 is 0 Å². The molecule has 1 fully saturated rings. The van der Waals surface area contributed by atoms with Crippen molar-refractivity contribution >= 4 is 5.97 Å². The van der Waals surface area contributed by atoms with Crippen molar-refractivity contribution in [3.05, 3.63) is 0 Å². The van der Waals surface area contributed by atoms with E-state index in [4.69, 9.17) is 9.84 Å². The second-order valence-electron chi connectivity index (χ2n) is 4.85. The van der Waals surface area contributed by atoms with Gasteiger partial charge in [0.15, 0.2) is 0 Å². The van der Waals surface area contributed by atoms with E-state index in [9.17, 15) is 4.79 Å². The van der Waals surface area contributed by atoms with Gasteiger partial charge in [-0.1, -0.05) is 20.3 Å². The molecule has 1 rings (SSSR count). The van der Waals surface area contributed by atoms with Gasteiger partial charge in [-0.15, -0.1) is 0 Å². The van der Waals surface area contributed by atoms with Crippen molar-refractivity contribution in [1.29, 1.82) is 0 Å². The van der Waals surface area contributed by atoms with E-state index in [1.54, 1.807) is 0 Å². The number of carboxylic acids is 1. The average Bonchev–Trinajstić information content (AvgIpc) is 2.24. The lowest BCUT2D eigenvalue weighted by molar-refractivity contribution is -0.144. The minimum Gasteiger partial charge on any atom is -0.480 e. The maximum absolute atomic E-state index is 11.0. The van der Waals surface area contributed by atoms with Crippen LogP contribution in [0.25, 0.3) is 0 Å². The normalized spacial score (nSPS) is 22.6. The van der Waals surface area contributed by atoms with Gasteiger partial charge in [-0.25, -0.2) is 0 Å². The lowest BCUT2D eigenvalue weighted by Gasteiger charge is -2.32. The summed E-state index contributed by atoms with van der Waals surface area (Å²) in [7, 11) is 0. The summed E-state index contributed by atoms with van der Waals surface area (Å²) in [4.78, 5) is 13.1. The van der Waals surface area contributed by atoms with Gasteiger partial charge >= 0.3 is 5.97 Å². The molecular weight excluding hydrogens is 206 g/mol. The summed E-state index contributed by atoms with van der Waals surface area (Å²) < 4.78 is 5.49. The van der Waals surface area contributed by atoms with Gasteiger partial charge in [0.1, 0.15) is 6.04 Å². The van der Waals surface area contributed by atoms with E-state index < -0.39 is 5.97 Å². The first-order valence-corrected chi connectivity index (χ1v) is 6.16. The van der Waals surface area contributed by atoms with E-state index in [0.29, 0.717) is 12.5 Å². The number of nitrogens with zero attached hydrogens (tertiary/aromatic N) is 1. The summed E-state index contributed by atoms with van der Waals surface area (Å²) in [6.45, 7) is 7.25. The number of rotatable bonds is 6. The van der Waals surface area contributed by atoms with Gasteiger partial charge in [-0.05, 0) is 25.3 Å². The number of ether oxygens (including phenoxy) is 1. The molecule has 0 aromatic rings. The SMILES string of the molecule is CC(C)COCCN1CCCCC1C(=O)O. The fraction of sp³-hybridized carbons (Fsp3) is 0.917. The number of hydrogen-bond acceptors (Lipinski definition) is 3. The minimum atomic E-state index is -0.691. The first-order valence-electron chi connectivity index (χ1n) is 6.16. The molecule has 4 nitrogen and oxygen atoms in total. The number of carbonyl (C=O) groups is 1. The van der Waals surface area contributed by atoms with Crippen LogP contribution < -0.4 is 0 Å². The topological polar surface area (TPSA) is 49.8 Å². The highest BCUT2D eigenvalue weighted by Crippen LogP contribution is 2.16. The molecule has 0 aliphatic carbocycles. The third-order valence-corrected chi connectivity index (χ3v) is 2.87. The molecule has 1 aliphatic heterocycles. The van der Waals surface area contributed by atoms with Crippen LogP contribution in [-0.2, 0) is 9.53 Å². The predicted octanol–water partition coefficient (Wildman–Crippen LogP) is 1.60. The molecule has 1 atom stereocenters. The van der Waals surface area contributed by atoms with Crippen molar-refractivity contribution in [1.82, 2.24) is 4.90 Å². The molecule has 0 bridgehead atoms. The highest BCUT2D eigenvalue weighted by atomic mass is 16.5. The molecule has 0 saturated carbocycles. The Morgan fingerprint density at radius 2 is 2.25 bits per heavy atom. The zero-order valence-electron chi connectivity index (χ0n) is 10.3. The van der Waals surface area contributed by atoms with Gasteiger partial charge in [0.05, 0.1) is 6.61 Å². The van der Waals surface area contributed by atoms with Gasteiger partial charge in [0, 0.05) is 13.2 Å². The van der Waals surface area contributed by atoms with Crippen molar-refractivity contribution in [2.75, 3.05) is 26.3 Å². The number of aliphatic carboxylic acids is 1. The molecule has 1 saturated heterocycles. The van der Waals surface area contributed by atoms with E-state index in [1.165, 1.54) is 0 Å². The van der Waals surface area contributed by atoms with E-state index in [1.807, 2.05) is 4.90 Å². The Balaban J connectivity index is 2.24. The zero-order chi connectivity index (χ0) is 12.0. The van der Waals surface area contributed by atoms with Gasteiger partial charge < -0.3 is 9.84 Å². The van der Waals surface area contributed by atoms with Crippen LogP contribution in [0.15, 0.2) is 0 Å². The fourth-order valence-corrected chi connectivity index (χ4v) is 2.04. The summed E-state index contributed by atoms with van der Waals surface area (Å²) >= 11 is 0. The summed E-state index contributed by atoms with van der Waals surface area (Å²) in [6.07, 6.45) is 2.91. The monoisotopic (exact) mass is 229 g/mol. The Labute approximate surface area is 97.6 Å². The molecule has 0 spiro atoms. The van der Waals surface area contributed by atoms with Crippen LogP contribution in [0.5, 0.6) is 0 Å². The highest BCUT2D eigenvalue weighted by molar-refractivity contribution is 5.73. The van der Waals surface area contributed by atoms with Crippen molar-refractivity contribution in [2.45, 2.75) is 39.2 Å². The van der Waals surface area contributed by atoms with Gasteiger partial charge in [0.25, 0.3) is 0 Å². The minimum absolute atomic E-state index is 0.295. The fourth-order valence-electron chi connectivity index (χ4n) is 2.04. The number of hydrogen-bond donors (Lipinski definition) is 1. The molecule has 1 heterocycles. The molecule has 16 heavy (non-hydrogen) atoms. The van der Waals surface area contributed by atoms with Gasteiger partial charge in [0.2, 0.25) is 0 Å². The van der Waals surface area contributed by atoms with Crippen LogP contribution in [0.3, 0.4) is 0 Å². The average molecular weight is 229 g/mol. The second-order valence-corrected chi connectivity index (χ2v) is 4.85. The smallest absolute Gasteiger partial charge is 0.320 e. The van der Waals surface area contributed by atoms with Crippen molar-refractivity contribution in [3.8, 4) is 0 Å². The second kappa shape index (κ2) is 6.86. The molecule has 1 unspecified atom stereocenters. The number of carboxylic acid groups (broad SMARTS) is 1. The van der Waals surface area contributed by atoms with Crippen LogP contribution in [0.4, 0.5) is 0 Å². The molecule has 0 radical (unpaired) electrons. The van der Waals surface area contributed by atoms with Crippen LogP contribution in [0, 0.1) is 5.92 Å².